The second-order valence-electron chi connectivity index (χ2n) is 9.50. The van der Waals surface area contributed by atoms with E-state index in [9.17, 15) is 4.79 Å². The first-order chi connectivity index (χ1) is 17.8. The second-order valence-corrected chi connectivity index (χ2v) is 9.50. The van der Waals surface area contributed by atoms with Gasteiger partial charge in [0.1, 0.15) is 18.4 Å². The average Bonchev–Trinajstić information content (AvgIpc) is 3.34. The Kier molecular flexibility index (Phi) is 6.48. The number of aryl methyl sites for hydroxylation is 4. The normalized spacial score (nSPS) is 14.7. The maximum atomic E-state index is 13.5. The van der Waals surface area contributed by atoms with Gasteiger partial charge in [-0.1, -0.05) is 47.6 Å². The Morgan fingerprint density at radius 2 is 1.68 bits per heavy atom. The number of hydrogen-bond donors (Lipinski definition) is 2. The van der Waals surface area contributed by atoms with Crippen LogP contribution in [0.15, 0.2) is 71.9 Å². The molecule has 0 saturated heterocycles. The summed E-state index contributed by atoms with van der Waals surface area (Å²) < 4.78 is 7.73. The summed E-state index contributed by atoms with van der Waals surface area (Å²) in [5.74, 6) is 1.02. The molecule has 37 heavy (non-hydrogen) atoms. The number of carbonyl (C=O) groups excluding carboxylic acids is 1. The first-order valence-electron chi connectivity index (χ1n) is 12.2. The summed E-state index contributed by atoms with van der Waals surface area (Å²) in [6.07, 6.45) is 0. The third kappa shape index (κ3) is 4.82. The van der Waals surface area contributed by atoms with Gasteiger partial charge in [-0.3, -0.25) is 4.79 Å². The number of benzene rings is 3. The monoisotopic (exact) mass is 494 g/mol. The van der Waals surface area contributed by atoms with Gasteiger partial charge >= 0.3 is 0 Å². The summed E-state index contributed by atoms with van der Waals surface area (Å²) in [7, 11) is 0. The van der Waals surface area contributed by atoms with Gasteiger partial charge in [0, 0.05) is 11.4 Å². The molecule has 8 nitrogen and oxygen atoms in total. The lowest BCUT2D eigenvalue weighted by molar-refractivity contribution is -0.113. The summed E-state index contributed by atoms with van der Waals surface area (Å²) in [5.41, 5.74) is 8.77. The zero-order chi connectivity index (χ0) is 26.1. The molecule has 0 saturated carbocycles. The number of nitrogens with zero attached hydrogens (tertiary/aromatic N) is 4. The maximum absolute atomic E-state index is 13.5. The number of hydrogen-bond acceptors (Lipinski definition) is 6. The van der Waals surface area contributed by atoms with Crippen LogP contribution in [0, 0.1) is 27.7 Å². The van der Waals surface area contributed by atoms with Crippen LogP contribution >= 0.6 is 0 Å². The van der Waals surface area contributed by atoms with Crippen molar-refractivity contribution < 1.29 is 9.53 Å². The van der Waals surface area contributed by atoms with Crippen LogP contribution in [0.5, 0.6) is 5.75 Å². The van der Waals surface area contributed by atoms with Crippen molar-refractivity contribution >= 4 is 17.5 Å². The number of allylic oxidation sites excluding steroid dienone is 1. The molecule has 1 atom stereocenters. The average molecular weight is 495 g/mol. The second kappa shape index (κ2) is 9.89. The van der Waals surface area contributed by atoms with Crippen molar-refractivity contribution in [3.8, 4) is 5.75 Å². The van der Waals surface area contributed by atoms with E-state index in [0.717, 1.165) is 28.1 Å². The summed E-state index contributed by atoms with van der Waals surface area (Å²) in [5, 5.41) is 18.3. The lowest BCUT2D eigenvalue weighted by Gasteiger charge is -2.28. The van der Waals surface area contributed by atoms with Gasteiger partial charge in [-0.15, -0.1) is 0 Å². The van der Waals surface area contributed by atoms with Crippen LogP contribution in [0.4, 0.5) is 11.6 Å². The highest BCUT2D eigenvalue weighted by molar-refractivity contribution is 6.06. The number of fused-ring (bicyclic) bond motifs is 1. The molecule has 1 amide bonds. The smallest absolute Gasteiger partial charge is 0.255 e. The van der Waals surface area contributed by atoms with E-state index in [-0.39, 0.29) is 5.91 Å². The van der Waals surface area contributed by atoms with Crippen LogP contribution in [0.25, 0.3) is 0 Å². The van der Waals surface area contributed by atoms with Crippen molar-refractivity contribution in [2.24, 2.45) is 0 Å². The Morgan fingerprint density at radius 3 is 2.43 bits per heavy atom. The Morgan fingerprint density at radius 1 is 0.946 bits per heavy atom. The summed E-state index contributed by atoms with van der Waals surface area (Å²) >= 11 is 0. The Balaban J connectivity index is 1.41. The molecular formula is C29H30N6O2. The van der Waals surface area contributed by atoms with E-state index in [0.29, 0.717) is 23.8 Å². The van der Waals surface area contributed by atoms with Gasteiger partial charge in [0.25, 0.3) is 5.91 Å². The van der Waals surface area contributed by atoms with E-state index in [1.54, 1.807) is 4.68 Å². The lowest BCUT2D eigenvalue weighted by Crippen LogP contribution is -2.31. The van der Waals surface area contributed by atoms with Gasteiger partial charge in [-0.25, -0.2) is 0 Å². The Hall–Kier alpha value is -4.46. The van der Waals surface area contributed by atoms with E-state index in [2.05, 4.69) is 59.1 Å². The van der Waals surface area contributed by atoms with E-state index in [4.69, 9.17) is 4.74 Å². The number of tetrazole rings is 1. The van der Waals surface area contributed by atoms with Crippen molar-refractivity contribution in [3.05, 3.63) is 105 Å². The SMILES string of the molecule is CC1=C(C(=O)Nc2ccccc2C)C(c2ccc(OCc3cc(C)c(C)cc3C)cc2)n2nnnc2N1. The Labute approximate surface area is 216 Å². The van der Waals surface area contributed by atoms with Crippen LogP contribution < -0.4 is 15.4 Å². The quantitative estimate of drug-likeness (QED) is 0.372. The van der Waals surface area contributed by atoms with Gasteiger partial charge in [-0.2, -0.15) is 4.68 Å². The van der Waals surface area contributed by atoms with E-state index in [1.807, 2.05) is 62.4 Å². The van der Waals surface area contributed by atoms with E-state index >= 15 is 0 Å². The molecule has 1 unspecified atom stereocenters. The molecule has 0 fully saturated rings. The molecule has 1 aliphatic rings. The first-order valence-corrected chi connectivity index (χ1v) is 12.2. The lowest BCUT2D eigenvalue weighted by atomic mass is 9.95. The van der Waals surface area contributed by atoms with Crippen LogP contribution in [-0.4, -0.2) is 26.1 Å². The van der Waals surface area contributed by atoms with Crippen LogP contribution in [-0.2, 0) is 11.4 Å². The fourth-order valence-corrected chi connectivity index (χ4v) is 4.60. The van der Waals surface area contributed by atoms with Gasteiger partial charge in [0.2, 0.25) is 5.95 Å². The van der Waals surface area contributed by atoms with Gasteiger partial charge in [-0.05, 0) is 96.6 Å². The molecule has 8 heteroatoms. The van der Waals surface area contributed by atoms with Gasteiger partial charge in [0.05, 0.1) is 5.57 Å². The molecule has 1 aromatic heterocycles. The van der Waals surface area contributed by atoms with Crippen molar-refractivity contribution in [1.29, 1.82) is 0 Å². The molecule has 2 N–H and O–H groups in total. The molecule has 4 aromatic rings. The molecule has 0 spiro atoms. The highest BCUT2D eigenvalue weighted by Crippen LogP contribution is 2.35. The predicted molar refractivity (Wildman–Crippen MR) is 144 cm³/mol. The summed E-state index contributed by atoms with van der Waals surface area (Å²) in [6, 6.07) is 19.3. The number of carbonyl (C=O) groups is 1. The minimum Gasteiger partial charge on any atom is -0.489 e. The topological polar surface area (TPSA) is 94.0 Å². The highest BCUT2D eigenvalue weighted by Gasteiger charge is 2.34. The van der Waals surface area contributed by atoms with Crippen molar-refractivity contribution in [2.45, 2.75) is 47.3 Å². The predicted octanol–water partition coefficient (Wildman–Crippen LogP) is 5.41. The number of rotatable bonds is 6. The molecule has 0 radical (unpaired) electrons. The molecule has 2 heterocycles. The fraction of sp³-hybridized carbons (Fsp3) is 0.241. The molecule has 0 bridgehead atoms. The first kappa shape index (κ1) is 24.2. The van der Waals surface area contributed by atoms with Gasteiger partial charge in [0.15, 0.2) is 0 Å². The zero-order valence-electron chi connectivity index (χ0n) is 21.7. The number of amides is 1. The van der Waals surface area contributed by atoms with E-state index < -0.39 is 6.04 Å². The minimum absolute atomic E-state index is 0.212. The molecule has 5 rings (SSSR count). The van der Waals surface area contributed by atoms with E-state index in [1.165, 1.54) is 16.7 Å². The molecule has 1 aliphatic heterocycles. The third-order valence-electron chi connectivity index (χ3n) is 6.89. The van der Waals surface area contributed by atoms with Crippen molar-refractivity contribution in [1.82, 2.24) is 20.2 Å². The number of nitrogens with one attached hydrogen (secondary N) is 2. The summed E-state index contributed by atoms with van der Waals surface area (Å²) in [6.45, 7) is 10.6. The number of para-hydroxylation sites is 1. The summed E-state index contributed by atoms with van der Waals surface area (Å²) in [4.78, 5) is 13.5. The zero-order valence-corrected chi connectivity index (χ0v) is 21.7. The standard InChI is InChI=1S/C29H30N6O2/c1-17-8-6-7-9-25(17)31-28(36)26-21(5)30-29-32-33-34-35(29)27(26)22-10-12-24(13-11-22)37-16-23-15-19(3)18(2)14-20(23)4/h6-15,27H,16H2,1-5H3,(H,31,36)(H,30,32,34). The number of aromatic nitrogens is 4. The van der Waals surface area contributed by atoms with Crippen LogP contribution in [0.2, 0.25) is 0 Å². The Bertz CT molecular complexity index is 1500. The highest BCUT2D eigenvalue weighted by atomic mass is 16.5. The molecule has 0 aliphatic carbocycles. The molecular weight excluding hydrogens is 464 g/mol. The fourth-order valence-electron chi connectivity index (χ4n) is 4.60. The third-order valence-corrected chi connectivity index (χ3v) is 6.89. The number of anilines is 2. The van der Waals surface area contributed by atoms with Crippen LogP contribution in [0.1, 0.15) is 46.3 Å². The van der Waals surface area contributed by atoms with Crippen molar-refractivity contribution in [2.75, 3.05) is 10.6 Å². The maximum Gasteiger partial charge on any atom is 0.255 e. The van der Waals surface area contributed by atoms with Crippen LogP contribution in [0.3, 0.4) is 0 Å². The van der Waals surface area contributed by atoms with Crippen molar-refractivity contribution in [3.63, 3.8) is 0 Å². The number of ether oxygens (including phenoxy) is 1. The molecule has 3 aromatic carbocycles. The van der Waals surface area contributed by atoms with Gasteiger partial charge < -0.3 is 15.4 Å². The largest absolute Gasteiger partial charge is 0.489 e. The molecule has 188 valence electrons. The minimum atomic E-state index is -0.494.